The van der Waals surface area contributed by atoms with Gasteiger partial charge in [0, 0.05) is 25.6 Å². The molecule has 6 nitrogen and oxygen atoms in total. The molecule has 0 saturated carbocycles. The summed E-state index contributed by atoms with van der Waals surface area (Å²) in [6, 6.07) is 7.05. The molecule has 1 atom stereocenters. The molecule has 0 radical (unpaired) electrons. The lowest BCUT2D eigenvalue weighted by Crippen LogP contribution is -2.32. The maximum Gasteiger partial charge on any atom is 0.321 e. The summed E-state index contributed by atoms with van der Waals surface area (Å²) in [5, 5.41) is 5.66. The Kier molecular flexibility index (Phi) is 7.14. The Hall–Kier alpha value is -1.79. The van der Waals surface area contributed by atoms with Gasteiger partial charge in [0.2, 0.25) is 5.91 Å². The second-order valence-corrected chi connectivity index (χ2v) is 5.30. The molecule has 0 spiro atoms. The van der Waals surface area contributed by atoms with Crippen LogP contribution in [0, 0.1) is 5.92 Å². The van der Waals surface area contributed by atoms with E-state index in [0.29, 0.717) is 11.4 Å². The Balaban J connectivity index is 0.00000242. The van der Waals surface area contributed by atoms with Crippen LogP contribution in [0.3, 0.4) is 0 Å². The Bertz CT molecular complexity index is 518. The molecular weight excluding hydrogens is 304 g/mol. The first-order valence-electron chi connectivity index (χ1n) is 7.27. The molecule has 7 heteroatoms. The van der Waals surface area contributed by atoms with Crippen LogP contribution in [-0.2, 0) is 4.79 Å². The van der Waals surface area contributed by atoms with Gasteiger partial charge in [-0.3, -0.25) is 4.79 Å². The smallest absolute Gasteiger partial charge is 0.321 e. The molecule has 4 N–H and O–H groups in total. The zero-order chi connectivity index (χ0) is 15.2. The zero-order valence-corrected chi connectivity index (χ0v) is 13.5. The van der Waals surface area contributed by atoms with E-state index >= 15 is 0 Å². The van der Waals surface area contributed by atoms with Crippen LogP contribution in [0.15, 0.2) is 24.3 Å². The number of benzene rings is 1. The number of anilines is 2. The fourth-order valence-electron chi connectivity index (χ4n) is 2.18. The van der Waals surface area contributed by atoms with E-state index in [1.807, 2.05) is 12.1 Å². The SMILES string of the molecule is CC(CN)C(=O)Nc1ccccc1NC(=O)N1CCCC1.Cl. The molecule has 1 saturated heterocycles. The molecular formula is C15H23ClN4O2. The number of nitrogens with zero attached hydrogens (tertiary/aromatic N) is 1. The van der Waals surface area contributed by atoms with E-state index in [2.05, 4.69) is 10.6 Å². The Morgan fingerprint density at radius 1 is 1.18 bits per heavy atom. The van der Waals surface area contributed by atoms with E-state index < -0.39 is 0 Å². The molecule has 1 heterocycles. The van der Waals surface area contributed by atoms with Crippen LogP contribution in [0.2, 0.25) is 0 Å². The molecule has 0 aromatic heterocycles. The molecule has 1 aliphatic heterocycles. The Morgan fingerprint density at radius 3 is 2.27 bits per heavy atom. The van der Waals surface area contributed by atoms with E-state index in [-0.39, 0.29) is 36.8 Å². The molecule has 122 valence electrons. The molecule has 22 heavy (non-hydrogen) atoms. The van der Waals surface area contributed by atoms with Crippen molar-refractivity contribution in [2.24, 2.45) is 11.7 Å². The van der Waals surface area contributed by atoms with Crippen molar-refractivity contribution in [2.45, 2.75) is 19.8 Å². The first kappa shape index (κ1) is 18.3. The number of hydrogen-bond acceptors (Lipinski definition) is 3. The predicted octanol–water partition coefficient (Wildman–Crippen LogP) is 2.27. The topological polar surface area (TPSA) is 87.5 Å². The number of amides is 3. The molecule has 1 unspecified atom stereocenters. The third kappa shape index (κ3) is 4.61. The highest BCUT2D eigenvalue weighted by molar-refractivity contribution is 5.99. The largest absolute Gasteiger partial charge is 0.330 e. The van der Waals surface area contributed by atoms with Gasteiger partial charge in [0.25, 0.3) is 0 Å². The highest BCUT2D eigenvalue weighted by Gasteiger charge is 2.19. The summed E-state index contributed by atoms with van der Waals surface area (Å²) in [6.45, 7) is 3.62. The lowest BCUT2D eigenvalue weighted by molar-refractivity contribution is -0.119. The van der Waals surface area contributed by atoms with Gasteiger partial charge in [0.15, 0.2) is 0 Å². The standard InChI is InChI=1S/C15H22N4O2.ClH/c1-11(10-16)14(20)17-12-6-2-3-7-13(12)18-15(21)19-8-4-5-9-19;/h2-3,6-7,11H,4-5,8-10,16H2,1H3,(H,17,20)(H,18,21);1H. The minimum atomic E-state index is -0.271. The number of likely N-dealkylation sites (tertiary alicyclic amines) is 1. The predicted molar refractivity (Wildman–Crippen MR) is 90.4 cm³/mol. The summed E-state index contributed by atoms with van der Waals surface area (Å²) in [5.41, 5.74) is 6.69. The third-order valence-corrected chi connectivity index (χ3v) is 3.62. The molecule has 1 aromatic rings. The number of hydrogen-bond donors (Lipinski definition) is 3. The zero-order valence-electron chi connectivity index (χ0n) is 12.7. The van der Waals surface area contributed by atoms with Crippen LogP contribution in [0.4, 0.5) is 16.2 Å². The summed E-state index contributed by atoms with van der Waals surface area (Å²) in [6.07, 6.45) is 2.08. The van der Waals surface area contributed by atoms with Gasteiger partial charge < -0.3 is 21.3 Å². The summed E-state index contributed by atoms with van der Waals surface area (Å²) in [7, 11) is 0. The molecule has 1 fully saturated rings. The third-order valence-electron chi connectivity index (χ3n) is 3.62. The maximum absolute atomic E-state index is 12.1. The number of nitrogens with two attached hydrogens (primary N) is 1. The second kappa shape index (κ2) is 8.60. The lowest BCUT2D eigenvalue weighted by atomic mass is 10.1. The van der Waals surface area contributed by atoms with Crippen molar-refractivity contribution in [3.63, 3.8) is 0 Å². The van der Waals surface area contributed by atoms with Crippen LogP contribution in [-0.4, -0.2) is 36.5 Å². The maximum atomic E-state index is 12.1. The molecule has 3 amide bonds. The Morgan fingerprint density at radius 2 is 1.73 bits per heavy atom. The van der Waals surface area contributed by atoms with Gasteiger partial charge in [-0.25, -0.2) is 4.79 Å². The molecule has 0 bridgehead atoms. The van der Waals surface area contributed by atoms with Crippen molar-refractivity contribution in [1.29, 1.82) is 0 Å². The van der Waals surface area contributed by atoms with Gasteiger partial charge in [-0.2, -0.15) is 0 Å². The Labute approximate surface area is 136 Å². The first-order chi connectivity index (χ1) is 10.1. The van der Waals surface area contributed by atoms with E-state index in [9.17, 15) is 9.59 Å². The molecule has 1 aromatic carbocycles. The van der Waals surface area contributed by atoms with Gasteiger partial charge >= 0.3 is 6.03 Å². The lowest BCUT2D eigenvalue weighted by Gasteiger charge is -2.19. The van der Waals surface area contributed by atoms with Gasteiger partial charge in [0.05, 0.1) is 11.4 Å². The number of urea groups is 1. The number of rotatable bonds is 4. The molecule has 0 aliphatic carbocycles. The number of carbonyl (C=O) groups is 2. The number of nitrogens with one attached hydrogen (secondary N) is 2. The van der Waals surface area contributed by atoms with Crippen molar-refractivity contribution in [1.82, 2.24) is 4.90 Å². The highest BCUT2D eigenvalue weighted by atomic mass is 35.5. The van der Waals surface area contributed by atoms with Crippen molar-refractivity contribution in [3.05, 3.63) is 24.3 Å². The van der Waals surface area contributed by atoms with Crippen LogP contribution in [0.1, 0.15) is 19.8 Å². The molecule has 2 rings (SSSR count). The van der Waals surface area contributed by atoms with Crippen LogP contribution < -0.4 is 16.4 Å². The molecule has 1 aliphatic rings. The highest BCUT2D eigenvalue weighted by Crippen LogP contribution is 2.22. The number of halogens is 1. The van der Waals surface area contributed by atoms with Gasteiger partial charge in [0.1, 0.15) is 0 Å². The average Bonchev–Trinajstić information content (AvgIpc) is 3.02. The van der Waals surface area contributed by atoms with Gasteiger partial charge in [-0.05, 0) is 25.0 Å². The normalized spacial score (nSPS) is 14.9. The van der Waals surface area contributed by atoms with Crippen molar-refractivity contribution in [2.75, 3.05) is 30.3 Å². The quantitative estimate of drug-likeness (QED) is 0.793. The van der Waals surface area contributed by atoms with Crippen LogP contribution in [0.5, 0.6) is 0 Å². The van der Waals surface area contributed by atoms with E-state index in [0.717, 1.165) is 25.9 Å². The van der Waals surface area contributed by atoms with Crippen LogP contribution in [0.25, 0.3) is 0 Å². The fourth-order valence-corrected chi connectivity index (χ4v) is 2.18. The van der Waals surface area contributed by atoms with Crippen molar-refractivity contribution < 1.29 is 9.59 Å². The number of carbonyl (C=O) groups excluding carboxylic acids is 2. The summed E-state index contributed by atoms with van der Waals surface area (Å²) < 4.78 is 0. The van der Waals surface area contributed by atoms with E-state index in [1.54, 1.807) is 24.0 Å². The first-order valence-corrected chi connectivity index (χ1v) is 7.27. The summed E-state index contributed by atoms with van der Waals surface area (Å²) >= 11 is 0. The van der Waals surface area contributed by atoms with E-state index in [4.69, 9.17) is 5.73 Å². The van der Waals surface area contributed by atoms with Crippen LogP contribution >= 0.6 is 12.4 Å². The fraction of sp³-hybridized carbons (Fsp3) is 0.467. The van der Waals surface area contributed by atoms with E-state index in [1.165, 1.54) is 0 Å². The minimum absolute atomic E-state index is 0. The van der Waals surface area contributed by atoms with Gasteiger partial charge in [-0.15, -0.1) is 12.4 Å². The monoisotopic (exact) mass is 326 g/mol. The van der Waals surface area contributed by atoms with Crippen molar-refractivity contribution in [3.8, 4) is 0 Å². The van der Waals surface area contributed by atoms with Crippen molar-refractivity contribution >= 4 is 35.7 Å². The number of para-hydroxylation sites is 2. The second-order valence-electron chi connectivity index (χ2n) is 5.30. The average molecular weight is 327 g/mol. The minimum Gasteiger partial charge on any atom is -0.330 e. The van der Waals surface area contributed by atoms with Gasteiger partial charge in [-0.1, -0.05) is 19.1 Å². The summed E-state index contributed by atoms with van der Waals surface area (Å²) in [5.74, 6) is -0.423. The summed E-state index contributed by atoms with van der Waals surface area (Å²) in [4.78, 5) is 25.8.